The highest BCUT2D eigenvalue weighted by atomic mass is 16.3. The second kappa shape index (κ2) is 4.25. The minimum absolute atomic E-state index is 0.172. The molecule has 3 atom stereocenters. The molecule has 3 nitrogen and oxygen atoms in total. The lowest BCUT2D eigenvalue weighted by atomic mass is 9.69. The molecule has 0 bridgehead atoms. The van der Waals surface area contributed by atoms with Crippen LogP contribution in [0.4, 0.5) is 0 Å². The van der Waals surface area contributed by atoms with Gasteiger partial charge < -0.3 is 15.3 Å². The Morgan fingerprint density at radius 1 is 1.33 bits per heavy atom. The van der Waals surface area contributed by atoms with E-state index >= 15 is 0 Å². The highest BCUT2D eigenvalue weighted by Gasteiger charge is 2.42. The van der Waals surface area contributed by atoms with Crippen molar-refractivity contribution < 1.29 is 15.3 Å². The Kier molecular flexibility index (Phi) is 3.16. The van der Waals surface area contributed by atoms with E-state index in [1.165, 1.54) is 0 Å². The molecule has 0 spiro atoms. The maximum atomic E-state index is 10.4. The second-order valence-electron chi connectivity index (χ2n) is 5.98. The molecule has 1 aliphatic carbocycles. The quantitative estimate of drug-likeness (QED) is 0.717. The van der Waals surface area contributed by atoms with Gasteiger partial charge >= 0.3 is 0 Å². The molecule has 0 saturated heterocycles. The number of rotatable bonds is 1. The summed E-state index contributed by atoms with van der Waals surface area (Å²) in [7, 11) is 0. The van der Waals surface area contributed by atoms with Gasteiger partial charge in [-0.05, 0) is 54.9 Å². The first-order valence-electron chi connectivity index (χ1n) is 6.49. The maximum Gasteiger partial charge on any atom is 0.118 e. The van der Waals surface area contributed by atoms with Crippen molar-refractivity contribution in [3.8, 4) is 5.75 Å². The zero-order valence-corrected chi connectivity index (χ0v) is 11.4. The Bertz CT molecular complexity index is 463. The van der Waals surface area contributed by atoms with Crippen molar-refractivity contribution in [1.82, 2.24) is 0 Å². The van der Waals surface area contributed by atoms with Crippen LogP contribution in [0.3, 0.4) is 0 Å². The Morgan fingerprint density at radius 2 is 1.94 bits per heavy atom. The highest BCUT2D eigenvalue weighted by molar-refractivity contribution is 5.47. The summed E-state index contributed by atoms with van der Waals surface area (Å²) in [6.07, 6.45) is -0.235. The minimum Gasteiger partial charge on any atom is -0.508 e. The standard InChI is InChI=1S/C15H22O3/c1-8(2)10-6-14(17)15(4,18)12-7-13(16)9(3)5-11(10)12/h5,7-8,10,14,16-18H,6H2,1-4H3. The monoisotopic (exact) mass is 250 g/mol. The number of hydrogen-bond acceptors (Lipinski definition) is 3. The molecule has 0 saturated carbocycles. The smallest absolute Gasteiger partial charge is 0.118 e. The molecule has 1 aromatic rings. The normalized spacial score (nSPS) is 31.5. The average molecular weight is 250 g/mol. The molecule has 100 valence electrons. The minimum atomic E-state index is -1.29. The van der Waals surface area contributed by atoms with Gasteiger partial charge in [0, 0.05) is 0 Å². The van der Waals surface area contributed by atoms with Gasteiger partial charge in [-0.1, -0.05) is 19.9 Å². The van der Waals surface area contributed by atoms with Crippen molar-refractivity contribution >= 4 is 0 Å². The first-order valence-corrected chi connectivity index (χ1v) is 6.49. The predicted molar refractivity (Wildman–Crippen MR) is 70.6 cm³/mol. The lowest BCUT2D eigenvalue weighted by molar-refractivity contribution is -0.0834. The van der Waals surface area contributed by atoms with Gasteiger partial charge in [0.05, 0.1) is 6.10 Å². The van der Waals surface area contributed by atoms with Crippen molar-refractivity contribution in [3.05, 3.63) is 28.8 Å². The number of benzene rings is 1. The molecule has 3 heteroatoms. The van der Waals surface area contributed by atoms with E-state index in [-0.39, 0.29) is 11.7 Å². The molecule has 3 unspecified atom stereocenters. The predicted octanol–water partition coefficient (Wildman–Crippen LogP) is 2.41. The van der Waals surface area contributed by atoms with E-state index in [1.807, 2.05) is 13.0 Å². The third-order valence-electron chi connectivity index (χ3n) is 4.24. The maximum absolute atomic E-state index is 10.4. The molecular formula is C15H22O3. The van der Waals surface area contributed by atoms with Crippen molar-refractivity contribution in [2.24, 2.45) is 5.92 Å². The summed E-state index contributed by atoms with van der Waals surface area (Å²) in [6, 6.07) is 3.54. The van der Waals surface area contributed by atoms with E-state index in [2.05, 4.69) is 13.8 Å². The summed E-state index contributed by atoms with van der Waals surface area (Å²) in [5.41, 5.74) is 1.23. The fraction of sp³-hybridized carbons (Fsp3) is 0.600. The molecule has 1 aromatic carbocycles. The van der Waals surface area contributed by atoms with E-state index in [0.29, 0.717) is 17.9 Å². The third kappa shape index (κ3) is 1.91. The molecule has 0 heterocycles. The van der Waals surface area contributed by atoms with Gasteiger partial charge in [-0.3, -0.25) is 0 Å². The first-order chi connectivity index (χ1) is 8.25. The van der Waals surface area contributed by atoms with Gasteiger partial charge in [0.1, 0.15) is 11.4 Å². The zero-order valence-electron chi connectivity index (χ0n) is 11.4. The largest absolute Gasteiger partial charge is 0.508 e. The fourth-order valence-electron chi connectivity index (χ4n) is 2.87. The summed E-state index contributed by atoms with van der Waals surface area (Å²) in [4.78, 5) is 0. The van der Waals surface area contributed by atoms with Crippen LogP contribution in [-0.4, -0.2) is 21.4 Å². The molecule has 0 aromatic heterocycles. The van der Waals surface area contributed by atoms with Crippen LogP contribution in [0.25, 0.3) is 0 Å². The van der Waals surface area contributed by atoms with E-state index in [0.717, 1.165) is 11.1 Å². The van der Waals surface area contributed by atoms with Crippen LogP contribution in [0.5, 0.6) is 5.75 Å². The Morgan fingerprint density at radius 3 is 2.50 bits per heavy atom. The van der Waals surface area contributed by atoms with Crippen LogP contribution in [0.2, 0.25) is 0 Å². The zero-order chi connectivity index (χ0) is 13.7. The summed E-state index contributed by atoms with van der Waals surface area (Å²) in [6.45, 7) is 7.70. The number of aromatic hydroxyl groups is 1. The van der Waals surface area contributed by atoms with Crippen molar-refractivity contribution in [3.63, 3.8) is 0 Å². The summed E-state index contributed by atoms with van der Waals surface area (Å²) in [5.74, 6) is 0.776. The fourth-order valence-corrected chi connectivity index (χ4v) is 2.87. The number of fused-ring (bicyclic) bond motifs is 1. The van der Waals surface area contributed by atoms with Gasteiger partial charge in [0.25, 0.3) is 0 Å². The van der Waals surface area contributed by atoms with Gasteiger partial charge in [0.15, 0.2) is 0 Å². The van der Waals surface area contributed by atoms with Crippen LogP contribution in [0.1, 0.15) is 49.8 Å². The van der Waals surface area contributed by atoms with E-state index in [9.17, 15) is 15.3 Å². The molecule has 2 rings (SSSR count). The second-order valence-corrected chi connectivity index (χ2v) is 5.98. The van der Waals surface area contributed by atoms with E-state index in [1.54, 1.807) is 13.0 Å². The molecule has 3 N–H and O–H groups in total. The van der Waals surface area contributed by atoms with Crippen LogP contribution < -0.4 is 0 Å². The highest BCUT2D eigenvalue weighted by Crippen LogP contribution is 2.46. The third-order valence-corrected chi connectivity index (χ3v) is 4.24. The van der Waals surface area contributed by atoms with Gasteiger partial charge in [-0.2, -0.15) is 0 Å². The van der Waals surface area contributed by atoms with Crippen molar-refractivity contribution in [2.75, 3.05) is 0 Å². The SMILES string of the molecule is Cc1cc2c(cc1O)C(C)(O)C(O)CC2C(C)C. The number of phenolic OH excluding ortho intramolecular Hbond substituents is 1. The number of aliphatic hydroxyl groups is 2. The average Bonchev–Trinajstić information content (AvgIpc) is 2.26. The Labute approximate surface area is 108 Å². The summed E-state index contributed by atoms with van der Waals surface area (Å²) in [5, 5.41) is 30.4. The van der Waals surface area contributed by atoms with Crippen molar-refractivity contribution in [2.45, 2.75) is 51.7 Å². The summed E-state index contributed by atoms with van der Waals surface area (Å²) < 4.78 is 0. The van der Waals surface area contributed by atoms with Gasteiger partial charge in [-0.25, -0.2) is 0 Å². The molecule has 1 aliphatic rings. The van der Waals surface area contributed by atoms with Crippen LogP contribution in [0.15, 0.2) is 12.1 Å². The first kappa shape index (κ1) is 13.4. The van der Waals surface area contributed by atoms with E-state index in [4.69, 9.17) is 0 Å². The molecule has 0 aliphatic heterocycles. The number of phenols is 1. The molecular weight excluding hydrogens is 228 g/mol. The Hall–Kier alpha value is -1.06. The van der Waals surface area contributed by atoms with Crippen LogP contribution in [-0.2, 0) is 5.60 Å². The number of hydrogen-bond donors (Lipinski definition) is 3. The lowest BCUT2D eigenvalue weighted by Crippen LogP contribution is -2.43. The van der Waals surface area contributed by atoms with Crippen LogP contribution in [0, 0.1) is 12.8 Å². The van der Waals surface area contributed by atoms with Crippen molar-refractivity contribution in [1.29, 1.82) is 0 Å². The number of aryl methyl sites for hydroxylation is 1. The summed E-state index contributed by atoms with van der Waals surface area (Å²) >= 11 is 0. The van der Waals surface area contributed by atoms with Crippen LogP contribution >= 0.6 is 0 Å². The van der Waals surface area contributed by atoms with E-state index < -0.39 is 11.7 Å². The van der Waals surface area contributed by atoms with Gasteiger partial charge in [-0.15, -0.1) is 0 Å². The molecule has 0 fully saturated rings. The topological polar surface area (TPSA) is 60.7 Å². The number of aliphatic hydroxyl groups excluding tert-OH is 1. The van der Waals surface area contributed by atoms with Gasteiger partial charge in [0.2, 0.25) is 0 Å². The molecule has 0 amide bonds. The molecule has 18 heavy (non-hydrogen) atoms. The Balaban J connectivity index is 2.65. The molecule has 0 radical (unpaired) electrons. The lowest BCUT2D eigenvalue weighted by Gasteiger charge is -2.41.